The lowest BCUT2D eigenvalue weighted by Crippen LogP contribution is -2.30. The lowest BCUT2D eigenvalue weighted by Gasteiger charge is -2.20. The molecule has 0 atom stereocenters. The Morgan fingerprint density at radius 3 is 2.10 bits per heavy atom. The third-order valence-electron chi connectivity index (χ3n) is 6.75. The highest BCUT2D eigenvalue weighted by molar-refractivity contribution is 7.89. The first-order chi connectivity index (χ1) is 19.0. The molecule has 4 rings (SSSR count). The average molecular weight is 560 g/mol. The molecular formula is C31H37N5O3S. The van der Waals surface area contributed by atoms with Gasteiger partial charge in [0.2, 0.25) is 10.0 Å². The highest BCUT2D eigenvalue weighted by atomic mass is 32.2. The Hall–Kier alpha value is -3.95. The molecule has 210 valence electrons. The fourth-order valence-corrected chi connectivity index (χ4v) is 5.18. The van der Waals surface area contributed by atoms with Crippen molar-refractivity contribution in [2.45, 2.75) is 57.3 Å². The second kappa shape index (κ2) is 12.5. The van der Waals surface area contributed by atoms with Gasteiger partial charge in [-0.2, -0.15) is 5.10 Å². The number of hydrogen-bond acceptors (Lipinski definition) is 4. The molecule has 40 heavy (non-hydrogen) atoms. The molecule has 2 amide bonds. The highest BCUT2D eigenvalue weighted by Gasteiger charge is 2.17. The molecule has 4 N–H and O–H groups in total. The van der Waals surface area contributed by atoms with E-state index in [-0.39, 0.29) is 10.9 Å². The maximum absolute atomic E-state index is 12.8. The molecule has 0 aliphatic carbocycles. The Balaban J connectivity index is 1.45. The molecule has 1 heterocycles. The van der Waals surface area contributed by atoms with E-state index in [1.165, 1.54) is 12.1 Å². The molecule has 1 aromatic heterocycles. The number of aromatic nitrogens is 2. The number of aryl methyl sites for hydroxylation is 1. The Kier molecular flexibility index (Phi) is 9.07. The van der Waals surface area contributed by atoms with Gasteiger partial charge in [-0.15, -0.1) is 0 Å². The van der Waals surface area contributed by atoms with Gasteiger partial charge in [-0.3, -0.25) is 0 Å². The molecule has 0 aliphatic rings. The van der Waals surface area contributed by atoms with E-state index in [0.29, 0.717) is 31.2 Å². The molecular weight excluding hydrogens is 522 g/mol. The molecule has 0 fully saturated rings. The van der Waals surface area contributed by atoms with Crippen LogP contribution in [0.2, 0.25) is 0 Å². The fraction of sp³-hybridized carbons (Fsp3) is 0.290. The summed E-state index contributed by atoms with van der Waals surface area (Å²) in [7, 11) is -3.78. The highest BCUT2D eigenvalue weighted by Crippen LogP contribution is 2.32. The summed E-state index contributed by atoms with van der Waals surface area (Å²) in [5.74, 6) is 0.581. The maximum atomic E-state index is 12.8. The summed E-state index contributed by atoms with van der Waals surface area (Å²) in [6.07, 6.45) is 1.36. The van der Waals surface area contributed by atoms with Crippen molar-refractivity contribution < 1.29 is 13.2 Å². The number of primary sulfonamides is 1. The van der Waals surface area contributed by atoms with Crippen LogP contribution in [0.25, 0.3) is 16.9 Å². The summed E-state index contributed by atoms with van der Waals surface area (Å²) in [5.41, 5.74) is 6.60. The minimum atomic E-state index is -3.78. The lowest BCUT2D eigenvalue weighted by molar-refractivity contribution is 0.252. The van der Waals surface area contributed by atoms with Crippen LogP contribution in [0.3, 0.4) is 0 Å². The van der Waals surface area contributed by atoms with Gasteiger partial charge in [0.15, 0.2) is 0 Å². The van der Waals surface area contributed by atoms with Crippen molar-refractivity contribution >= 4 is 21.7 Å². The molecule has 0 radical (unpaired) electrons. The van der Waals surface area contributed by atoms with Crippen molar-refractivity contribution in [2.24, 2.45) is 5.14 Å². The number of carbonyl (C=O) groups is 1. The Morgan fingerprint density at radius 2 is 1.52 bits per heavy atom. The largest absolute Gasteiger partial charge is 0.338 e. The van der Waals surface area contributed by atoms with E-state index >= 15 is 0 Å². The van der Waals surface area contributed by atoms with Crippen molar-refractivity contribution in [3.8, 4) is 16.9 Å². The number of nitrogens with two attached hydrogens (primary N) is 1. The summed E-state index contributed by atoms with van der Waals surface area (Å²) in [4.78, 5) is 12.9. The van der Waals surface area contributed by atoms with Crippen LogP contribution in [-0.4, -0.2) is 30.8 Å². The zero-order valence-electron chi connectivity index (χ0n) is 23.4. The van der Waals surface area contributed by atoms with E-state index in [1.807, 2.05) is 42.5 Å². The molecule has 8 nitrogen and oxygen atoms in total. The minimum absolute atomic E-state index is 0.0470. The molecule has 9 heteroatoms. The zero-order valence-corrected chi connectivity index (χ0v) is 24.2. The van der Waals surface area contributed by atoms with Gasteiger partial charge >= 0.3 is 6.03 Å². The van der Waals surface area contributed by atoms with Crippen molar-refractivity contribution in [2.75, 3.05) is 11.9 Å². The number of amides is 2. The van der Waals surface area contributed by atoms with Gasteiger partial charge in [-0.1, -0.05) is 76.2 Å². The third-order valence-corrected chi connectivity index (χ3v) is 7.68. The Morgan fingerprint density at radius 1 is 0.900 bits per heavy atom. The maximum Gasteiger partial charge on any atom is 0.319 e. The van der Waals surface area contributed by atoms with Gasteiger partial charge in [0.05, 0.1) is 22.0 Å². The molecule has 0 aliphatic heterocycles. The predicted molar refractivity (Wildman–Crippen MR) is 160 cm³/mol. The third kappa shape index (κ3) is 6.97. The van der Waals surface area contributed by atoms with Gasteiger partial charge in [0, 0.05) is 17.8 Å². The SMILES string of the molecule is CC(C)c1cccc(C(C)C)c1NC(=O)NCCCc1cc(-c2ccccc2)n(-c2ccc(S(N)(=O)=O)cc2)n1. The topological polar surface area (TPSA) is 119 Å². The molecule has 0 bridgehead atoms. The second-order valence-electron chi connectivity index (χ2n) is 10.4. The second-order valence-corrected chi connectivity index (χ2v) is 12.0. The number of urea groups is 1. The van der Waals surface area contributed by atoms with Crippen LogP contribution in [0.1, 0.15) is 62.8 Å². The lowest BCUT2D eigenvalue weighted by atomic mass is 9.93. The molecule has 0 unspecified atom stereocenters. The van der Waals surface area contributed by atoms with Gasteiger partial charge in [-0.05, 0) is 66.1 Å². The van der Waals surface area contributed by atoms with Crippen LogP contribution in [0.4, 0.5) is 10.5 Å². The summed E-state index contributed by atoms with van der Waals surface area (Å²) < 4.78 is 25.2. The molecule has 0 saturated carbocycles. The van der Waals surface area contributed by atoms with E-state index in [1.54, 1.807) is 16.8 Å². The Labute approximate surface area is 236 Å². The van der Waals surface area contributed by atoms with Crippen LogP contribution < -0.4 is 15.8 Å². The molecule has 4 aromatic rings. The number of benzene rings is 3. The summed E-state index contributed by atoms with van der Waals surface area (Å²) >= 11 is 0. The van der Waals surface area contributed by atoms with Crippen LogP contribution >= 0.6 is 0 Å². The summed E-state index contributed by atoms with van der Waals surface area (Å²) in [6, 6.07) is 24.2. The summed E-state index contributed by atoms with van der Waals surface area (Å²) in [6.45, 7) is 8.99. The van der Waals surface area contributed by atoms with Gasteiger partial charge in [0.1, 0.15) is 0 Å². The molecule has 0 saturated heterocycles. The van der Waals surface area contributed by atoms with E-state index in [4.69, 9.17) is 10.2 Å². The van der Waals surface area contributed by atoms with Crippen LogP contribution in [0, 0.1) is 0 Å². The molecule has 3 aromatic carbocycles. The number of hydrogen-bond donors (Lipinski definition) is 3. The quantitative estimate of drug-likeness (QED) is 0.201. The zero-order chi connectivity index (χ0) is 28.9. The number of sulfonamides is 1. The standard InChI is InChI=1S/C31H37N5O3S/c1-21(2)27-13-8-14-28(22(3)4)30(27)34-31(37)33-19-9-12-24-20-29(23-10-6-5-7-11-23)36(35-24)25-15-17-26(18-16-25)40(32,38)39/h5-8,10-11,13-18,20-22H,9,12,19H2,1-4H3,(H2,32,38,39)(H2,33,34,37). The van der Waals surface area contributed by atoms with E-state index in [9.17, 15) is 13.2 Å². The smallest absolute Gasteiger partial charge is 0.319 e. The number of carbonyl (C=O) groups excluding carboxylic acids is 1. The van der Waals surface area contributed by atoms with Crippen molar-refractivity contribution in [3.63, 3.8) is 0 Å². The number of anilines is 1. The van der Waals surface area contributed by atoms with Crippen molar-refractivity contribution in [1.29, 1.82) is 0 Å². The van der Waals surface area contributed by atoms with Crippen LogP contribution in [0.5, 0.6) is 0 Å². The first-order valence-corrected chi connectivity index (χ1v) is 15.0. The van der Waals surface area contributed by atoms with E-state index < -0.39 is 10.0 Å². The summed E-state index contributed by atoms with van der Waals surface area (Å²) in [5, 5.41) is 16.1. The molecule has 0 spiro atoms. The van der Waals surface area contributed by atoms with Gasteiger partial charge < -0.3 is 10.6 Å². The normalized spacial score (nSPS) is 11.7. The minimum Gasteiger partial charge on any atom is -0.338 e. The van der Waals surface area contributed by atoms with Crippen LogP contribution in [-0.2, 0) is 16.4 Å². The fourth-order valence-electron chi connectivity index (χ4n) is 4.67. The van der Waals surface area contributed by atoms with E-state index in [0.717, 1.165) is 39.5 Å². The first kappa shape index (κ1) is 29.0. The number of nitrogens with zero attached hydrogens (tertiary/aromatic N) is 2. The monoisotopic (exact) mass is 559 g/mol. The number of para-hydroxylation sites is 1. The van der Waals surface area contributed by atoms with Crippen molar-refractivity contribution in [1.82, 2.24) is 15.1 Å². The first-order valence-electron chi connectivity index (χ1n) is 13.5. The number of nitrogens with one attached hydrogen (secondary N) is 2. The average Bonchev–Trinajstić information content (AvgIpc) is 3.35. The van der Waals surface area contributed by atoms with Gasteiger partial charge in [0.25, 0.3) is 0 Å². The Bertz CT molecular complexity index is 1530. The van der Waals surface area contributed by atoms with Crippen molar-refractivity contribution in [3.05, 3.63) is 95.7 Å². The number of rotatable bonds is 10. The predicted octanol–water partition coefficient (Wildman–Crippen LogP) is 6.19. The van der Waals surface area contributed by atoms with Gasteiger partial charge in [-0.25, -0.2) is 23.0 Å². The van der Waals surface area contributed by atoms with Crippen LogP contribution in [0.15, 0.2) is 83.8 Å². The van der Waals surface area contributed by atoms with E-state index in [2.05, 4.69) is 50.5 Å².